The summed E-state index contributed by atoms with van der Waals surface area (Å²) in [6, 6.07) is 17.4. The molecule has 0 saturated carbocycles. The Balaban J connectivity index is 1.83. The molecule has 0 aliphatic heterocycles. The molecule has 0 aliphatic carbocycles. The number of carbonyl (C=O) groups is 1. The maximum Gasteiger partial charge on any atom is 0.274 e. The van der Waals surface area contributed by atoms with E-state index in [4.69, 9.17) is 4.84 Å². The van der Waals surface area contributed by atoms with Crippen LogP contribution in [-0.2, 0) is 18.0 Å². The highest BCUT2D eigenvalue weighted by molar-refractivity contribution is 5.93. The fourth-order valence-corrected chi connectivity index (χ4v) is 2.29. The van der Waals surface area contributed by atoms with Crippen molar-refractivity contribution in [3.63, 3.8) is 0 Å². The number of benzene rings is 2. The van der Waals surface area contributed by atoms with Crippen LogP contribution in [0.4, 0.5) is 0 Å². The Labute approximate surface area is 138 Å². The fourth-order valence-electron chi connectivity index (χ4n) is 2.29. The highest BCUT2D eigenvalue weighted by Gasteiger charge is 2.06. The summed E-state index contributed by atoms with van der Waals surface area (Å²) in [6.07, 6.45) is 0. The zero-order valence-corrected chi connectivity index (χ0v) is 13.8. The molecular formula is C19H24N2O2. The third kappa shape index (κ3) is 5.51. The molecule has 4 nitrogen and oxygen atoms in total. The van der Waals surface area contributed by atoms with Crippen LogP contribution in [0.15, 0.2) is 54.6 Å². The van der Waals surface area contributed by atoms with E-state index in [1.165, 1.54) is 5.56 Å². The van der Waals surface area contributed by atoms with Gasteiger partial charge in [-0.25, -0.2) is 5.48 Å². The molecular weight excluding hydrogens is 288 g/mol. The van der Waals surface area contributed by atoms with Crippen LogP contribution in [-0.4, -0.2) is 23.9 Å². The fraction of sp³-hybridized carbons (Fsp3) is 0.316. The number of nitrogens with zero attached hydrogens (tertiary/aromatic N) is 1. The highest BCUT2D eigenvalue weighted by atomic mass is 16.6. The molecule has 0 atom stereocenters. The molecule has 2 aromatic carbocycles. The Bertz CT molecular complexity index is 593. The van der Waals surface area contributed by atoms with Gasteiger partial charge in [0.25, 0.3) is 5.91 Å². The van der Waals surface area contributed by atoms with Crippen molar-refractivity contribution in [3.05, 3.63) is 71.3 Å². The first-order chi connectivity index (χ1) is 11.2. The van der Waals surface area contributed by atoms with Crippen LogP contribution < -0.4 is 5.48 Å². The lowest BCUT2D eigenvalue weighted by Crippen LogP contribution is -2.24. The molecule has 4 heteroatoms. The number of hydroxylamine groups is 1. The van der Waals surface area contributed by atoms with Crippen LogP contribution in [0.5, 0.6) is 0 Å². The van der Waals surface area contributed by atoms with Crippen molar-refractivity contribution < 1.29 is 9.63 Å². The van der Waals surface area contributed by atoms with E-state index >= 15 is 0 Å². The minimum absolute atomic E-state index is 0.227. The molecule has 2 rings (SSSR count). The van der Waals surface area contributed by atoms with Gasteiger partial charge in [0, 0.05) is 12.1 Å². The van der Waals surface area contributed by atoms with Gasteiger partial charge in [-0.1, -0.05) is 56.3 Å². The van der Waals surface area contributed by atoms with Crippen molar-refractivity contribution in [2.45, 2.75) is 27.0 Å². The predicted octanol–water partition coefficient (Wildman–Crippen LogP) is 3.39. The van der Waals surface area contributed by atoms with Gasteiger partial charge in [0.2, 0.25) is 0 Å². The number of carbonyl (C=O) groups excluding carboxylic acids is 1. The second kappa shape index (κ2) is 9.08. The monoisotopic (exact) mass is 312 g/mol. The SMILES string of the molecule is CCN(CC)Cc1ccc(C(=O)NOCc2ccccc2)cc1. The van der Waals surface area contributed by atoms with Crippen LogP contribution in [0.25, 0.3) is 0 Å². The topological polar surface area (TPSA) is 41.6 Å². The van der Waals surface area contributed by atoms with Crippen molar-refractivity contribution >= 4 is 5.91 Å². The lowest BCUT2D eigenvalue weighted by Gasteiger charge is -2.18. The molecule has 0 bridgehead atoms. The van der Waals surface area contributed by atoms with Crippen molar-refractivity contribution in [2.24, 2.45) is 0 Å². The van der Waals surface area contributed by atoms with Crippen LogP contribution in [0, 0.1) is 0 Å². The van der Waals surface area contributed by atoms with Gasteiger partial charge < -0.3 is 0 Å². The molecule has 23 heavy (non-hydrogen) atoms. The van der Waals surface area contributed by atoms with E-state index in [1.807, 2.05) is 54.6 Å². The molecule has 0 aliphatic rings. The lowest BCUT2D eigenvalue weighted by molar-refractivity contribution is 0.0233. The van der Waals surface area contributed by atoms with Gasteiger partial charge in [0.15, 0.2) is 0 Å². The summed E-state index contributed by atoms with van der Waals surface area (Å²) >= 11 is 0. The van der Waals surface area contributed by atoms with E-state index in [0.717, 1.165) is 25.2 Å². The van der Waals surface area contributed by atoms with Crippen LogP contribution in [0.2, 0.25) is 0 Å². The van der Waals surface area contributed by atoms with Crippen LogP contribution in [0.3, 0.4) is 0 Å². The summed E-state index contributed by atoms with van der Waals surface area (Å²) in [6.45, 7) is 7.59. The standard InChI is InChI=1S/C19H24N2O2/c1-3-21(4-2)14-16-10-12-18(13-11-16)19(22)20-23-15-17-8-6-5-7-9-17/h5-13H,3-4,14-15H2,1-2H3,(H,20,22). The average molecular weight is 312 g/mol. The molecule has 0 fully saturated rings. The molecule has 0 aromatic heterocycles. The molecule has 0 spiro atoms. The summed E-state index contributed by atoms with van der Waals surface area (Å²) in [7, 11) is 0. The van der Waals surface area contributed by atoms with Crippen LogP contribution >= 0.6 is 0 Å². The van der Waals surface area contributed by atoms with Crippen LogP contribution in [0.1, 0.15) is 35.3 Å². The van der Waals surface area contributed by atoms with Gasteiger partial charge in [-0.3, -0.25) is 14.5 Å². The first-order valence-electron chi connectivity index (χ1n) is 8.00. The Morgan fingerprint density at radius 3 is 2.22 bits per heavy atom. The minimum Gasteiger partial charge on any atom is -0.300 e. The van der Waals surface area contributed by atoms with Crippen molar-refractivity contribution in [1.82, 2.24) is 10.4 Å². The Kier molecular flexibility index (Phi) is 6.78. The van der Waals surface area contributed by atoms with E-state index in [0.29, 0.717) is 12.2 Å². The largest absolute Gasteiger partial charge is 0.300 e. The van der Waals surface area contributed by atoms with Gasteiger partial charge in [-0.15, -0.1) is 0 Å². The van der Waals surface area contributed by atoms with E-state index < -0.39 is 0 Å². The summed E-state index contributed by atoms with van der Waals surface area (Å²) in [5, 5.41) is 0. The zero-order chi connectivity index (χ0) is 16.5. The number of rotatable bonds is 8. The number of amides is 1. The number of hydrogen-bond donors (Lipinski definition) is 1. The molecule has 122 valence electrons. The van der Waals surface area contributed by atoms with Crippen molar-refractivity contribution in [3.8, 4) is 0 Å². The maximum absolute atomic E-state index is 12.0. The first-order valence-corrected chi connectivity index (χ1v) is 8.00. The number of nitrogens with one attached hydrogen (secondary N) is 1. The molecule has 1 N–H and O–H groups in total. The molecule has 1 amide bonds. The summed E-state index contributed by atoms with van der Waals surface area (Å²) in [5.41, 5.74) is 5.30. The van der Waals surface area contributed by atoms with Crippen molar-refractivity contribution in [1.29, 1.82) is 0 Å². The minimum atomic E-state index is -0.227. The van der Waals surface area contributed by atoms with Gasteiger partial charge in [-0.2, -0.15) is 0 Å². The molecule has 0 radical (unpaired) electrons. The summed E-state index contributed by atoms with van der Waals surface area (Å²) < 4.78 is 0. The number of hydrogen-bond acceptors (Lipinski definition) is 3. The van der Waals surface area contributed by atoms with E-state index in [9.17, 15) is 4.79 Å². The van der Waals surface area contributed by atoms with Gasteiger partial charge in [0.1, 0.15) is 0 Å². The third-order valence-electron chi connectivity index (χ3n) is 3.76. The molecule has 0 saturated heterocycles. The second-order valence-corrected chi connectivity index (χ2v) is 5.36. The van der Waals surface area contributed by atoms with Crippen molar-refractivity contribution in [2.75, 3.05) is 13.1 Å². The predicted molar refractivity (Wildman–Crippen MR) is 91.8 cm³/mol. The van der Waals surface area contributed by atoms with Gasteiger partial charge in [0.05, 0.1) is 6.61 Å². The normalized spacial score (nSPS) is 10.7. The molecule has 2 aromatic rings. The Hall–Kier alpha value is -2.17. The smallest absolute Gasteiger partial charge is 0.274 e. The van der Waals surface area contributed by atoms with E-state index in [2.05, 4.69) is 24.2 Å². The zero-order valence-electron chi connectivity index (χ0n) is 13.8. The lowest BCUT2D eigenvalue weighted by atomic mass is 10.1. The quantitative estimate of drug-likeness (QED) is 0.760. The first kappa shape index (κ1) is 17.2. The Morgan fingerprint density at radius 1 is 0.957 bits per heavy atom. The molecule has 0 heterocycles. The third-order valence-corrected chi connectivity index (χ3v) is 3.76. The van der Waals surface area contributed by atoms with Gasteiger partial charge in [-0.05, 0) is 36.3 Å². The average Bonchev–Trinajstić information content (AvgIpc) is 2.61. The van der Waals surface area contributed by atoms with E-state index in [1.54, 1.807) is 0 Å². The summed E-state index contributed by atoms with van der Waals surface area (Å²) in [5.74, 6) is -0.227. The van der Waals surface area contributed by atoms with E-state index in [-0.39, 0.29) is 5.91 Å². The second-order valence-electron chi connectivity index (χ2n) is 5.36. The Morgan fingerprint density at radius 2 is 1.61 bits per heavy atom. The highest BCUT2D eigenvalue weighted by Crippen LogP contribution is 2.08. The summed E-state index contributed by atoms with van der Waals surface area (Å²) in [4.78, 5) is 19.6. The maximum atomic E-state index is 12.0. The molecule has 0 unspecified atom stereocenters. The van der Waals surface area contributed by atoms with Gasteiger partial charge >= 0.3 is 0 Å².